The van der Waals surface area contributed by atoms with Crippen LogP contribution in [0, 0.1) is 116 Å². The molecule has 0 N–H and O–H groups in total. The van der Waals surface area contributed by atoms with Crippen molar-refractivity contribution in [1.29, 1.82) is 0 Å². The van der Waals surface area contributed by atoms with Gasteiger partial charge in [-0.25, -0.2) is 87.8 Å². The second-order valence-corrected chi connectivity index (χ2v) is 13.9. The van der Waals surface area contributed by atoms with Crippen LogP contribution in [0.5, 0.6) is 0 Å². The summed E-state index contributed by atoms with van der Waals surface area (Å²) in [5.74, 6) is -71.3. The Morgan fingerprint density at radius 3 is 1.02 bits per heavy atom. The van der Waals surface area contributed by atoms with Crippen molar-refractivity contribution in [3.63, 3.8) is 0 Å². The minimum atomic E-state index is -7.22. The number of pyridine rings is 1. The van der Waals surface area contributed by atoms with Crippen molar-refractivity contribution >= 4 is 57.3 Å². The summed E-state index contributed by atoms with van der Waals surface area (Å²) >= 11 is 4.46. The molecule has 1 aromatic heterocycles. The molecule has 0 aliphatic heterocycles. The fourth-order valence-electron chi connectivity index (χ4n) is 7.17. The highest BCUT2D eigenvalue weighted by molar-refractivity contribution is 7.80. The average Bonchev–Trinajstić information content (AvgIpc) is 3.29. The average molecular weight is 959 g/mol. The lowest BCUT2D eigenvalue weighted by molar-refractivity contribution is -0.657. The Kier molecular flexibility index (Phi) is 13.1. The van der Waals surface area contributed by atoms with Crippen LogP contribution in [0.25, 0.3) is 10.9 Å². The maximum atomic E-state index is 15.4. The van der Waals surface area contributed by atoms with E-state index >= 15 is 35.1 Å². The highest BCUT2D eigenvalue weighted by Gasteiger charge is 2.52. The van der Waals surface area contributed by atoms with Crippen molar-refractivity contribution in [2.75, 3.05) is 0 Å². The number of nitrogens with zero attached hydrogens (tertiary/aromatic N) is 1. The zero-order valence-electron chi connectivity index (χ0n) is 31.0. The minimum absolute atomic E-state index is 0.104. The zero-order valence-corrected chi connectivity index (χ0v) is 31.9. The van der Waals surface area contributed by atoms with Crippen LogP contribution in [-0.4, -0.2) is 11.9 Å². The largest absolute Gasteiger partial charge is 0.287 e. The number of Topliss-reactive ketones (excluding diaryl/α,β-unsaturated/α-hetero) is 1. The van der Waals surface area contributed by atoms with Gasteiger partial charge in [-0.15, -0.1) is 34.5 Å². The topological polar surface area (TPSA) is 20.9 Å². The summed E-state index contributed by atoms with van der Waals surface area (Å²) in [5.41, 5.74) is -12.6. The molecule has 0 spiro atoms. The second kappa shape index (κ2) is 17.8. The van der Waals surface area contributed by atoms with Gasteiger partial charge in [0.05, 0.1) is 5.39 Å². The molecule has 338 valence electrons. The lowest BCUT2D eigenvalue weighted by Crippen LogP contribution is -2.81. The fourth-order valence-corrected chi connectivity index (χ4v) is 7.44. The van der Waals surface area contributed by atoms with Crippen LogP contribution in [0.15, 0.2) is 71.8 Å². The first-order valence-corrected chi connectivity index (χ1v) is 17.8. The molecule has 0 atom stereocenters. The summed E-state index contributed by atoms with van der Waals surface area (Å²) in [6.45, 7) is 0.332. The van der Waals surface area contributed by atoms with Crippen molar-refractivity contribution in [2.24, 2.45) is 0 Å². The second-order valence-electron chi connectivity index (χ2n) is 13.4. The number of carbonyl (C=O) groups is 1. The molecular formula is C41H14BF20NOS. The summed E-state index contributed by atoms with van der Waals surface area (Å²) < 4.78 is 296. The monoisotopic (exact) mass is 959 g/mol. The van der Waals surface area contributed by atoms with Crippen molar-refractivity contribution in [1.82, 2.24) is 0 Å². The highest BCUT2D eigenvalue weighted by Crippen LogP contribution is 2.31. The van der Waals surface area contributed by atoms with E-state index in [0.717, 1.165) is 21.4 Å². The van der Waals surface area contributed by atoms with E-state index in [0.29, 0.717) is 6.54 Å². The summed E-state index contributed by atoms with van der Waals surface area (Å²) in [7, 11) is 0. The Morgan fingerprint density at radius 2 is 0.692 bits per heavy atom. The molecular weight excluding hydrogens is 945 g/mol. The SMILES string of the molecule is Fc1c(F)c(F)c([B-](c2c(F)c(F)c(F)c(F)c2F)(c2c(F)c(F)c(F)c(F)c2F)c2c(F)c(F)c(F)c(F)c2F)c(F)c1F.O=C(C[n+]1cccc2c(S)cccc21)c1ccccc1. The van der Waals surface area contributed by atoms with Crippen molar-refractivity contribution in [3.05, 3.63) is 189 Å². The van der Waals surface area contributed by atoms with Gasteiger partial charge in [0.2, 0.25) is 17.8 Å². The van der Waals surface area contributed by atoms with E-state index in [4.69, 9.17) is 0 Å². The van der Waals surface area contributed by atoms with Crippen LogP contribution < -0.4 is 26.4 Å². The first kappa shape index (κ1) is 47.9. The van der Waals surface area contributed by atoms with Gasteiger partial charge in [0.25, 0.3) is 0 Å². The molecule has 0 bridgehead atoms. The molecule has 0 aliphatic rings. The summed E-state index contributed by atoms with van der Waals surface area (Å²) in [6.07, 6.45) is -5.29. The van der Waals surface area contributed by atoms with Gasteiger partial charge in [-0.05, 0) is 12.1 Å². The van der Waals surface area contributed by atoms with E-state index in [-0.39, 0.29) is 5.78 Å². The van der Waals surface area contributed by atoms with Crippen LogP contribution >= 0.6 is 12.6 Å². The lowest BCUT2D eigenvalue weighted by atomic mass is 9.12. The zero-order chi connectivity index (χ0) is 48.3. The quantitative estimate of drug-likeness (QED) is 0.0322. The van der Waals surface area contributed by atoms with Crippen molar-refractivity contribution in [3.8, 4) is 0 Å². The molecule has 7 rings (SSSR count). The molecule has 0 unspecified atom stereocenters. The Morgan fingerprint density at radius 1 is 0.385 bits per heavy atom. The number of thiol groups is 1. The molecule has 1 heterocycles. The first-order valence-electron chi connectivity index (χ1n) is 17.4. The molecule has 0 aliphatic carbocycles. The van der Waals surface area contributed by atoms with E-state index in [1.165, 1.54) is 0 Å². The third-order valence-corrected chi connectivity index (χ3v) is 10.4. The molecule has 0 radical (unpaired) electrons. The van der Waals surface area contributed by atoms with Gasteiger partial charge in [0.1, 0.15) is 52.7 Å². The van der Waals surface area contributed by atoms with E-state index in [2.05, 4.69) is 12.6 Å². The lowest BCUT2D eigenvalue weighted by Gasteiger charge is -2.44. The van der Waals surface area contributed by atoms with Crippen LogP contribution in [0.2, 0.25) is 0 Å². The third kappa shape index (κ3) is 7.49. The third-order valence-electron chi connectivity index (χ3n) is 10.0. The fraction of sp³-hybridized carbons (Fsp3) is 0.0244. The predicted octanol–water partition coefficient (Wildman–Crippen LogP) is 9.14. The van der Waals surface area contributed by atoms with E-state index in [1.54, 1.807) is 0 Å². The number of rotatable bonds is 7. The smallest absolute Gasteiger partial charge is 0.227 e. The Bertz CT molecular complexity index is 2730. The molecule has 2 nitrogen and oxygen atoms in total. The van der Waals surface area contributed by atoms with E-state index in [9.17, 15) is 57.5 Å². The van der Waals surface area contributed by atoms with Gasteiger partial charge >= 0.3 is 0 Å². The standard InChI is InChI=1S/C24BF20.C17H13NOS/c26-5-1(6(27)14(35)21(42)13(5)34)25(2-7(28)15(36)22(43)16(37)8(2)29,3-9(30)17(38)23(44)18(39)10(3)31)4-11(32)19(40)24(45)20(41)12(4)33;19-16(13-6-2-1-3-7-13)12-18-11-5-8-14-15(18)9-4-10-17(14)20/h;1-11H,12H2/q-1;/p+1. The van der Waals surface area contributed by atoms with Gasteiger partial charge in [0.15, 0.2) is 76.0 Å². The molecule has 0 fully saturated rings. The Balaban J connectivity index is 0.000000289. The number of aromatic nitrogens is 1. The van der Waals surface area contributed by atoms with Crippen LogP contribution in [0.4, 0.5) is 87.8 Å². The highest BCUT2D eigenvalue weighted by atomic mass is 32.1. The van der Waals surface area contributed by atoms with Crippen molar-refractivity contribution in [2.45, 2.75) is 11.4 Å². The predicted molar refractivity (Wildman–Crippen MR) is 191 cm³/mol. The maximum absolute atomic E-state index is 15.4. The van der Waals surface area contributed by atoms with Gasteiger partial charge in [-0.2, -0.15) is 4.57 Å². The van der Waals surface area contributed by atoms with Gasteiger partial charge < -0.3 is 0 Å². The number of halogens is 20. The van der Waals surface area contributed by atoms with Gasteiger partial charge in [0, 0.05) is 22.6 Å². The molecule has 0 saturated heterocycles. The van der Waals surface area contributed by atoms with Crippen LogP contribution in [-0.2, 0) is 6.54 Å². The summed E-state index contributed by atoms with van der Waals surface area (Å²) in [5, 5.41) is 1.05. The Labute approximate surface area is 354 Å². The number of ketones is 1. The van der Waals surface area contributed by atoms with Crippen molar-refractivity contribution < 1.29 is 97.2 Å². The van der Waals surface area contributed by atoms with E-state index < -0.39 is 144 Å². The molecule has 65 heavy (non-hydrogen) atoms. The summed E-state index contributed by atoms with van der Waals surface area (Å²) in [6, 6.07) is 19.2. The van der Waals surface area contributed by atoms with Crippen LogP contribution in [0.3, 0.4) is 0 Å². The Hall–Kier alpha value is -6.59. The molecule has 6 aromatic carbocycles. The normalized spacial score (nSPS) is 11.6. The number of benzene rings is 6. The first-order chi connectivity index (χ1) is 30.5. The molecule has 24 heteroatoms. The maximum Gasteiger partial charge on any atom is 0.227 e. The number of hydrogen-bond acceptors (Lipinski definition) is 2. The number of carbonyl (C=O) groups excluding carboxylic acids is 1. The summed E-state index contributed by atoms with van der Waals surface area (Å²) in [4.78, 5) is 13.2. The van der Waals surface area contributed by atoms with E-state index in [1.807, 2.05) is 71.4 Å². The number of hydrogen-bond donors (Lipinski definition) is 1. The number of fused-ring (bicyclic) bond motifs is 1. The molecule has 7 aromatic rings. The molecule has 0 saturated carbocycles. The van der Waals surface area contributed by atoms with Gasteiger partial charge in [-0.1, -0.05) is 36.4 Å². The molecule has 0 amide bonds. The minimum Gasteiger partial charge on any atom is -0.287 e. The van der Waals surface area contributed by atoms with Crippen LogP contribution in [0.1, 0.15) is 10.4 Å². The van der Waals surface area contributed by atoms with Gasteiger partial charge in [-0.3, -0.25) is 4.79 Å².